The maximum atomic E-state index is 12.6. The van der Waals surface area contributed by atoms with Crippen LogP contribution in [0.15, 0.2) is 64.8 Å². The molecule has 1 aliphatic carbocycles. The minimum atomic E-state index is -1.17. The Morgan fingerprint density at radius 1 is 0.750 bits per heavy atom. The monoisotopic (exact) mass is 486 g/mol. The number of nitrogens with zero attached hydrogens (tertiary/aromatic N) is 6. The lowest BCUT2D eigenvalue weighted by Crippen LogP contribution is -2.15. The molecule has 13 heteroatoms. The van der Waals surface area contributed by atoms with Gasteiger partial charge in [-0.05, 0) is 22.7 Å². The summed E-state index contributed by atoms with van der Waals surface area (Å²) in [6.07, 6.45) is 2.98. The number of fused-ring (bicyclic) bond motifs is 1. The van der Waals surface area contributed by atoms with Crippen molar-refractivity contribution in [3.8, 4) is 23.0 Å². The summed E-state index contributed by atoms with van der Waals surface area (Å²) in [5.41, 5.74) is 16.6. The van der Waals surface area contributed by atoms with Crippen LogP contribution < -0.4 is 0 Å². The van der Waals surface area contributed by atoms with E-state index in [-0.39, 0.29) is 11.3 Å². The summed E-state index contributed by atoms with van der Waals surface area (Å²) < 4.78 is 0. The summed E-state index contributed by atoms with van der Waals surface area (Å²) in [4.78, 5) is 39.7. The normalized spacial score (nSPS) is 11.3. The standard InChI is InChI=1S/C13H8N6O5.C10H6O2/c14-18-16-6-4-2-1-3-5(6)9(20)7-8(17-19-15)11(22)13(24)12(23)10(7)21;11-9-6-5-7-3-1-2-4-8(7)10(9)12/h1-4,21-24H;1-6H. The number of hydrogen-bond acceptors (Lipinski definition) is 9. The highest BCUT2D eigenvalue weighted by Gasteiger charge is 2.28. The number of rotatable bonds is 4. The van der Waals surface area contributed by atoms with Gasteiger partial charge in [-0.25, -0.2) is 0 Å². The molecule has 0 saturated heterocycles. The molecule has 0 spiro atoms. The molecule has 178 valence electrons. The smallest absolute Gasteiger partial charge is 0.233 e. The van der Waals surface area contributed by atoms with Crippen molar-refractivity contribution in [2.75, 3.05) is 0 Å². The Morgan fingerprint density at radius 3 is 2.06 bits per heavy atom. The van der Waals surface area contributed by atoms with Gasteiger partial charge in [-0.15, -0.1) is 0 Å². The second-order valence-electron chi connectivity index (χ2n) is 6.96. The number of hydrogen-bond donors (Lipinski definition) is 4. The SMILES string of the molecule is O=C1C=Cc2ccccc2C1=O.[N-]=[N+]=Nc1ccccc1C(=O)c1c(O)c(O)c(O)c(O)c1N=[N+]=[N-]. The van der Waals surface area contributed by atoms with Gasteiger partial charge in [0.15, 0.2) is 17.3 Å². The summed E-state index contributed by atoms with van der Waals surface area (Å²) in [5, 5.41) is 45.2. The average molecular weight is 486 g/mol. The predicted octanol–water partition coefficient (Wildman–Crippen LogP) is 5.09. The van der Waals surface area contributed by atoms with Crippen molar-refractivity contribution in [3.05, 3.63) is 97.7 Å². The Morgan fingerprint density at radius 2 is 1.36 bits per heavy atom. The van der Waals surface area contributed by atoms with E-state index in [0.717, 1.165) is 5.56 Å². The largest absolute Gasteiger partial charge is 0.504 e. The fraction of sp³-hybridized carbons (Fsp3) is 0. The van der Waals surface area contributed by atoms with E-state index in [2.05, 4.69) is 20.1 Å². The van der Waals surface area contributed by atoms with Crippen LogP contribution in [0.1, 0.15) is 31.8 Å². The van der Waals surface area contributed by atoms with E-state index >= 15 is 0 Å². The van der Waals surface area contributed by atoms with E-state index in [1.165, 1.54) is 30.3 Å². The van der Waals surface area contributed by atoms with Crippen molar-refractivity contribution in [1.29, 1.82) is 0 Å². The van der Waals surface area contributed by atoms with E-state index in [4.69, 9.17) is 11.1 Å². The molecule has 0 aromatic heterocycles. The van der Waals surface area contributed by atoms with E-state index in [1.807, 2.05) is 12.1 Å². The van der Waals surface area contributed by atoms with Crippen LogP contribution in [-0.2, 0) is 4.79 Å². The first-order valence-electron chi connectivity index (χ1n) is 9.82. The summed E-state index contributed by atoms with van der Waals surface area (Å²) >= 11 is 0. The Bertz CT molecular complexity index is 1550. The van der Waals surface area contributed by atoms with Crippen molar-refractivity contribution in [2.45, 2.75) is 0 Å². The van der Waals surface area contributed by atoms with Crippen LogP contribution in [0.25, 0.3) is 27.0 Å². The molecular weight excluding hydrogens is 472 g/mol. The van der Waals surface area contributed by atoms with Crippen LogP contribution in [0.5, 0.6) is 23.0 Å². The third-order valence-corrected chi connectivity index (χ3v) is 4.89. The topological polar surface area (TPSA) is 230 Å². The Balaban J connectivity index is 0.000000249. The molecule has 13 nitrogen and oxygen atoms in total. The molecule has 0 radical (unpaired) electrons. The highest BCUT2D eigenvalue weighted by Crippen LogP contribution is 2.52. The highest BCUT2D eigenvalue weighted by atomic mass is 16.3. The lowest BCUT2D eigenvalue weighted by molar-refractivity contribution is -0.110. The third kappa shape index (κ3) is 4.63. The highest BCUT2D eigenvalue weighted by molar-refractivity contribution is 6.49. The van der Waals surface area contributed by atoms with Crippen molar-refractivity contribution in [1.82, 2.24) is 0 Å². The number of allylic oxidation sites excluding steroid dienone is 1. The quantitative estimate of drug-likeness (QED) is 0.0741. The van der Waals surface area contributed by atoms with E-state index in [0.29, 0.717) is 5.56 Å². The fourth-order valence-corrected chi connectivity index (χ4v) is 3.20. The molecule has 3 aromatic carbocycles. The van der Waals surface area contributed by atoms with Gasteiger partial charge in [-0.3, -0.25) is 14.4 Å². The maximum Gasteiger partial charge on any atom is 0.233 e. The molecule has 4 N–H and O–H groups in total. The first kappa shape index (κ1) is 24.9. The van der Waals surface area contributed by atoms with Crippen molar-refractivity contribution >= 4 is 34.8 Å². The molecule has 0 unspecified atom stereocenters. The molecule has 0 heterocycles. The van der Waals surface area contributed by atoms with E-state index in [9.17, 15) is 34.8 Å². The first-order chi connectivity index (χ1) is 17.2. The van der Waals surface area contributed by atoms with Gasteiger partial charge >= 0.3 is 0 Å². The molecule has 0 fully saturated rings. The molecule has 0 atom stereocenters. The van der Waals surface area contributed by atoms with Gasteiger partial charge < -0.3 is 20.4 Å². The Labute approximate surface area is 201 Å². The number of aromatic hydroxyl groups is 4. The molecule has 3 aromatic rings. The van der Waals surface area contributed by atoms with Crippen LogP contribution >= 0.6 is 0 Å². The molecule has 0 saturated carbocycles. The number of carbonyl (C=O) groups excluding carboxylic acids is 3. The van der Waals surface area contributed by atoms with Crippen LogP contribution in [0.4, 0.5) is 11.4 Å². The predicted molar refractivity (Wildman–Crippen MR) is 125 cm³/mol. The third-order valence-electron chi connectivity index (χ3n) is 4.89. The Hall–Kier alpha value is -5.77. The summed E-state index contributed by atoms with van der Waals surface area (Å²) in [6.45, 7) is 0. The zero-order valence-electron chi connectivity index (χ0n) is 18.0. The van der Waals surface area contributed by atoms with Crippen LogP contribution in [0, 0.1) is 0 Å². The number of benzene rings is 3. The summed E-state index contributed by atoms with van der Waals surface area (Å²) in [7, 11) is 0. The molecule has 4 rings (SSSR count). The number of azide groups is 2. The second-order valence-corrected chi connectivity index (χ2v) is 6.96. The number of phenolic OH excluding ortho intramolecular Hbond substituents is 4. The average Bonchev–Trinajstić information content (AvgIpc) is 2.89. The van der Waals surface area contributed by atoms with Crippen molar-refractivity contribution in [3.63, 3.8) is 0 Å². The molecule has 0 aliphatic heterocycles. The van der Waals surface area contributed by atoms with Gasteiger partial charge in [-0.1, -0.05) is 64.8 Å². The van der Waals surface area contributed by atoms with Gasteiger partial charge in [-0.2, -0.15) is 0 Å². The minimum Gasteiger partial charge on any atom is -0.504 e. The number of carbonyl (C=O) groups is 3. The lowest BCUT2D eigenvalue weighted by atomic mass is 9.96. The Kier molecular flexibility index (Phi) is 7.21. The molecular formula is C23H14N6O7. The number of ketones is 3. The van der Waals surface area contributed by atoms with Gasteiger partial charge in [0.25, 0.3) is 0 Å². The van der Waals surface area contributed by atoms with Gasteiger partial charge in [0.05, 0.1) is 11.3 Å². The summed E-state index contributed by atoms with van der Waals surface area (Å²) in [6, 6.07) is 12.6. The minimum absolute atomic E-state index is 0.0941. The number of phenols is 4. The lowest BCUT2D eigenvalue weighted by Gasteiger charge is -2.13. The van der Waals surface area contributed by atoms with Crippen LogP contribution in [0.3, 0.4) is 0 Å². The zero-order valence-corrected chi connectivity index (χ0v) is 18.0. The van der Waals surface area contributed by atoms with Gasteiger partial charge in [0, 0.05) is 26.6 Å². The van der Waals surface area contributed by atoms with E-state index in [1.54, 1.807) is 18.2 Å². The number of Topliss-reactive ketones (excluding diaryl/α,β-unsaturated/α-hetero) is 1. The van der Waals surface area contributed by atoms with Crippen LogP contribution in [-0.4, -0.2) is 37.8 Å². The molecule has 36 heavy (non-hydrogen) atoms. The fourth-order valence-electron chi connectivity index (χ4n) is 3.20. The van der Waals surface area contributed by atoms with Gasteiger partial charge in [0.1, 0.15) is 0 Å². The molecule has 0 bridgehead atoms. The maximum absolute atomic E-state index is 12.6. The van der Waals surface area contributed by atoms with Crippen molar-refractivity contribution < 1.29 is 34.8 Å². The van der Waals surface area contributed by atoms with Crippen molar-refractivity contribution in [2.24, 2.45) is 10.2 Å². The molecule has 1 aliphatic rings. The second kappa shape index (κ2) is 10.4. The molecule has 0 amide bonds. The van der Waals surface area contributed by atoms with Gasteiger partial charge in [0.2, 0.25) is 23.1 Å². The first-order valence-corrected chi connectivity index (χ1v) is 9.82. The zero-order chi connectivity index (χ0) is 26.4. The van der Waals surface area contributed by atoms with E-state index < -0.39 is 51.6 Å². The summed E-state index contributed by atoms with van der Waals surface area (Å²) in [5.74, 6) is -6.38. The van der Waals surface area contributed by atoms with Crippen LogP contribution in [0.2, 0.25) is 0 Å².